The van der Waals surface area contributed by atoms with E-state index in [1.807, 2.05) is 18.4 Å². The highest BCUT2D eigenvalue weighted by atomic mass is 32.1. The molecule has 0 saturated carbocycles. The molecule has 0 aromatic carbocycles. The maximum atomic E-state index is 5.77. The van der Waals surface area contributed by atoms with Crippen LogP contribution < -0.4 is 10.6 Å². The molecule has 2 aromatic heterocycles. The molecular formula is C12H15N5OS. The van der Waals surface area contributed by atoms with Gasteiger partial charge < -0.3 is 15.4 Å². The predicted molar refractivity (Wildman–Crippen MR) is 74.2 cm³/mol. The molecule has 1 saturated heterocycles. The molecule has 19 heavy (non-hydrogen) atoms. The fraction of sp³-hybridized carbons (Fsp3) is 0.417. The number of nitrogens with zero attached hydrogens (tertiary/aromatic N) is 4. The van der Waals surface area contributed by atoms with Gasteiger partial charge in [-0.25, -0.2) is 9.97 Å². The number of thiazole rings is 1. The van der Waals surface area contributed by atoms with E-state index in [9.17, 15) is 0 Å². The van der Waals surface area contributed by atoms with Gasteiger partial charge in [0, 0.05) is 29.9 Å². The van der Waals surface area contributed by atoms with Gasteiger partial charge in [-0.1, -0.05) is 0 Å². The van der Waals surface area contributed by atoms with Crippen molar-refractivity contribution in [1.29, 1.82) is 0 Å². The molecule has 2 N–H and O–H groups in total. The molecule has 2 aromatic rings. The Bertz CT molecular complexity index is 539. The highest BCUT2D eigenvalue weighted by Crippen LogP contribution is 2.26. The molecule has 0 radical (unpaired) electrons. The number of nitrogen functional groups attached to an aromatic ring is 1. The number of anilines is 2. The van der Waals surface area contributed by atoms with Gasteiger partial charge in [0.1, 0.15) is 16.9 Å². The van der Waals surface area contributed by atoms with Gasteiger partial charge in [0.05, 0.1) is 13.2 Å². The van der Waals surface area contributed by atoms with Crippen molar-refractivity contribution in [1.82, 2.24) is 15.0 Å². The molecule has 100 valence electrons. The molecule has 3 heterocycles. The topological polar surface area (TPSA) is 77.2 Å². The summed E-state index contributed by atoms with van der Waals surface area (Å²) in [4.78, 5) is 14.9. The van der Waals surface area contributed by atoms with E-state index < -0.39 is 0 Å². The van der Waals surface area contributed by atoms with E-state index in [2.05, 4.69) is 19.9 Å². The maximum Gasteiger partial charge on any atom is 0.222 e. The molecule has 0 aliphatic carbocycles. The molecule has 3 rings (SSSR count). The summed E-state index contributed by atoms with van der Waals surface area (Å²) >= 11 is 1.61. The Morgan fingerprint density at radius 1 is 1.47 bits per heavy atom. The fourth-order valence-electron chi connectivity index (χ4n) is 2.14. The van der Waals surface area contributed by atoms with Gasteiger partial charge in [-0.05, 0) is 6.92 Å². The zero-order valence-electron chi connectivity index (χ0n) is 10.6. The molecule has 7 heteroatoms. The van der Waals surface area contributed by atoms with Crippen LogP contribution in [0.4, 0.5) is 11.8 Å². The zero-order chi connectivity index (χ0) is 13.2. The normalized spacial score (nSPS) is 19.6. The van der Waals surface area contributed by atoms with Crippen LogP contribution in [0, 0.1) is 6.92 Å². The van der Waals surface area contributed by atoms with E-state index >= 15 is 0 Å². The van der Waals surface area contributed by atoms with Crippen molar-refractivity contribution in [3.8, 4) is 0 Å². The summed E-state index contributed by atoms with van der Waals surface area (Å²) in [6.45, 7) is 4.12. The number of hydrogen-bond donors (Lipinski definition) is 1. The van der Waals surface area contributed by atoms with Gasteiger partial charge in [0.15, 0.2) is 0 Å². The minimum atomic E-state index is 0.00486. The van der Waals surface area contributed by atoms with Crippen molar-refractivity contribution >= 4 is 23.1 Å². The Morgan fingerprint density at radius 2 is 2.37 bits per heavy atom. The van der Waals surface area contributed by atoms with Crippen LogP contribution in [-0.4, -0.2) is 34.6 Å². The molecule has 6 nitrogen and oxygen atoms in total. The molecule has 1 aliphatic heterocycles. The van der Waals surface area contributed by atoms with Crippen LogP contribution in [-0.2, 0) is 4.74 Å². The van der Waals surface area contributed by atoms with Crippen LogP contribution in [0.25, 0.3) is 0 Å². The highest BCUT2D eigenvalue weighted by molar-refractivity contribution is 7.09. The third kappa shape index (κ3) is 2.66. The van der Waals surface area contributed by atoms with E-state index in [4.69, 9.17) is 10.5 Å². The molecule has 1 atom stereocenters. The van der Waals surface area contributed by atoms with Crippen molar-refractivity contribution in [3.63, 3.8) is 0 Å². The largest absolute Gasteiger partial charge is 0.368 e. The summed E-state index contributed by atoms with van der Waals surface area (Å²) < 4.78 is 5.77. The Balaban J connectivity index is 1.81. The molecule has 0 bridgehead atoms. The third-order valence-corrected chi connectivity index (χ3v) is 3.84. The van der Waals surface area contributed by atoms with E-state index in [0.29, 0.717) is 12.6 Å². The van der Waals surface area contributed by atoms with Crippen molar-refractivity contribution in [3.05, 3.63) is 28.3 Å². The van der Waals surface area contributed by atoms with Gasteiger partial charge in [-0.15, -0.1) is 11.3 Å². The maximum absolute atomic E-state index is 5.77. The summed E-state index contributed by atoms with van der Waals surface area (Å²) in [5, 5.41) is 2.97. The number of rotatable bonds is 2. The number of ether oxygens (including phenoxy) is 1. The molecule has 1 fully saturated rings. The second-order valence-electron chi connectivity index (χ2n) is 4.40. The lowest BCUT2D eigenvalue weighted by atomic mass is 10.2. The lowest BCUT2D eigenvalue weighted by Crippen LogP contribution is -2.39. The minimum absolute atomic E-state index is 0.00486. The molecule has 1 aliphatic rings. The predicted octanol–water partition coefficient (Wildman–Crippen LogP) is 1.40. The first-order valence-corrected chi connectivity index (χ1v) is 6.97. The second kappa shape index (κ2) is 5.10. The van der Waals surface area contributed by atoms with Crippen LogP contribution in [0.5, 0.6) is 0 Å². The number of aromatic nitrogens is 3. The van der Waals surface area contributed by atoms with E-state index in [1.165, 1.54) is 0 Å². The quantitative estimate of drug-likeness (QED) is 0.894. The van der Waals surface area contributed by atoms with Gasteiger partial charge in [-0.2, -0.15) is 4.98 Å². The Labute approximate surface area is 115 Å². The summed E-state index contributed by atoms with van der Waals surface area (Å²) in [5.41, 5.74) is 6.58. The average Bonchev–Trinajstić information content (AvgIpc) is 2.92. The van der Waals surface area contributed by atoms with Crippen LogP contribution in [0.2, 0.25) is 0 Å². The Kier molecular flexibility index (Phi) is 3.31. The van der Waals surface area contributed by atoms with Gasteiger partial charge in [0.25, 0.3) is 0 Å². The Morgan fingerprint density at radius 3 is 3.11 bits per heavy atom. The first-order chi connectivity index (χ1) is 9.22. The number of nitrogens with two attached hydrogens (primary N) is 1. The van der Waals surface area contributed by atoms with Crippen molar-refractivity contribution < 1.29 is 4.74 Å². The number of aryl methyl sites for hydroxylation is 1. The zero-order valence-corrected chi connectivity index (χ0v) is 11.4. The summed E-state index contributed by atoms with van der Waals surface area (Å²) in [5.74, 6) is 1.17. The number of hydrogen-bond acceptors (Lipinski definition) is 7. The van der Waals surface area contributed by atoms with Crippen molar-refractivity contribution in [2.75, 3.05) is 30.3 Å². The molecule has 0 amide bonds. The highest BCUT2D eigenvalue weighted by Gasteiger charge is 2.25. The molecule has 1 unspecified atom stereocenters. The molecule has 0 spiro atoms. The summed E-state index contributed by atoms with van der Waals surface area (Å²) in [7, 11) is 0. The van der Waals surface area contributed by atoms with Gasteiger partial charge >= 0.3 is 0 Å². The first-order valence-electron chi connectivity index (χ1n) is 6.09. The number of morpholine rings is 1. The van der Waals surface area contributed by atoms with Crippen molar-refractivity contribution in [2.45, 2.75) is 13.0 Å². The van der Waals surface area contributed by atoms with E-state index in [-0.39, 0.29) is 6.10 Å². The van der Waals surface area contributed by atoms with Crippen LogP contribution in [0.3, 0.4) is 0 Å². The van der Waals surface area contributed by atoms with Crippen LogP contribution in [0.15, 0.2) is 17.6 Å². The van der Waals surface area contributed by atoms with Crippen LogP contribution >= 0.6 is 11.3 Å². The SMILES string of the molecule is Cc1cc(N2CCOC(c3nccs3)C2)nc(N)n1. The lowest BCUT2D eigenvalue weighted by Gasteiger charge is -2.32. The average molecular weight is 277 g/mol. The lowest BCUT2D eigenvalue weighted by molar-refractivity contribution is 0.0393. The smallest absolute Gasteiger partial charge is 0.222 e. The summed E-state index contributed by atoms with van der Waals surface area (Å²) in [6, 6.07) is 1.95. The first kappa shape index (κ1) is 12.3. The Hall–Kier alpha value is -1.73. The summed E-state index contributed by atoms with van der Waals surface area (Å²) in [6.07, 6.45) is 1.81. The van der Waals surface area contributed by atoms with Gasteiger partial charge in [0.2, 0.25) is 5.95 Å². The van der Waals surface area contributed by atoms with E-state index in [1.54, 1.807) is 17.5 Å². The third-order valence-electron chi connectivity index (χ3n) is 2.98. The van der Waals surface area contributed by atoms with Gasteiger partial charge in [-0.3, -0.25) is 0 Å². The minimum Gasteiger partial charge on any atom is -0.368 e. The van der Waals surface area contributed by atoms with Crippen LogP contribution in [0.1, 0.15) is 16.8 Å². The standard InChI is InChI=1S/C12H15N5OS/c1-8-6-10(16-12(13)15-8)17-3-4-18-9(7-17)11-14-2-5-19-11/h2,5-6,9H,3-4,7H2,1H3,(H2,13,15,16). The van der Waals surface area contributed by atoms with E-state index in [0.717, 1.165) is 29.6 Å². The second-order valence-corrected chi connectivity index (χ2v) is 5.33. The fourth-order valence-corrected chi connectivity index (χ4v) is 2.81. The molecular weight excluding hydrogens is 262 g/mol. The monoisotopic (exact) mass is 277 g/mol. The van der Waals surface area contributed by atoms with Crippen molar-refractivity contribution in [2.24, 2.45) is 0 Å².